The molecule has 3 nitrogen and oxygen atoms in total. The predicted octanol–water partition coefficient (Wildman–Crippen LogP) is 2.86. The molecule has 0 aliphatic carbocycles. The van der Waals surface area contributed by atoms with Crippen molar-refractivity contribution in [1.82, 2.24) is 5.32 Å². The summed E-state index contributed by atoms with van der Waals surface area (Å²) in [4.78, 5) is 0. The molecule has 2 rings (SSSR count). The Bertz CT molecular complexity index is 678. The largest absolute Gasteiger partial charge is 0.309 e. The minimum absolute atomic E-state index is 0.348. The van der Waals surface area contributed by atoms with Crippen LogP contribution >= 0.6 is 0 Å². The molecule has 0 aromatic heterocycles. The van der Waals surface area contributed by atoms with Crippen LogP contribution in [0.3, 0.4) is 0 Å². The van der Waals surface area contributed by atoms with Crippen LogP contribution in [0.4, 0.5) is 4.39 Å². The number of rotatable bonds is 4. The van der Waals surface area contributed by atoms with Crippen LogP contribution in [0.5, 0.6) is 0 Å². The summed E-state index contributed by atoms with van der Waals surface area (Å²) in [6, 6.07) is 15.5. The molecule has 0 saturated carbocycles. The molecular weight excluding hydrogens is 253 g/mol. The zero-order chi connectivity index (χ0) is 14.4. The van der Waals surface area contributed by atoms with E-state index in [-0.39, 0.29) is 5.82 Å². The van der Waals surface area contributed by atoms with E-state index in [1.807, 2.05) is 18.2 Å². The fraction of sp³-hybridized carbons (Fsp3) is 0.125. The van der Waals surface area contributed by atoms with Crippen LogP contribution in [-0.4, -0.2) is 0 Å². The van der Waals surface area contributed by atoms with Crippen molar-refractivity contribution in [1.29, 1.82) is 10.5 Å². The third-order valence-corrected chi connectivity index (χ3v) is 2.92. The Balaban J connectivity index is 1.97. The normalized spacial score (nSPS) is 9.75. The number of nitrogens with one attached hydrogen (secondary N) is 1. The fourth-order valence-corrected chi connectivity index (χ4v) is 1.86. The molecule has 98 valence electrons. The third kappa shape index (κ3) is 3.41. The van der Waals surface area contributed by atoms with Gasteiger partial charge in [0.1, 0.15) is 5.82 Å². The Labute approximate surface area is 116 Å². The molecule has 0 aliphatic rings. The minimum Gasteiger partial charge on any atom is -0.309 e. The summed E-state index contributed by atoms with van der Waals surface area (Å²) < 4.78 is 13.1. The van der Waals surface area contributed by atoms with E-state index in [0.717, 1.165) is 5.56 Å². The van der Waals surface area contributed by atoms with Crippen molar-refractivity contribution in [3.05, 3.63) is 70.5 Å². The molecule has 4 heteroatoms. The van der Waals surface area contributed by atoms with Crippen LogP contribution in [0.1, 0.15) is 22.3 Å². The van der Waals surface area contributed by atoms with E-state index in [4.69, 9.17) is 10.5 Å². The van der Waals surface area contributed by atoms with Gasteiger partial charge in [0.25, 0.3) is 0 Å². The Morgan fingerprint density at radius 2 is 1.70 bits per heavy atom. The molecule has 1 N–H and O–H groups in total. The summed E-state index contributed by atoms with van der Waals surface area (Å²) in [6.07, 6.45) is 0. The van der Waals surface area contributed by atoms with Gasteiger partial charge in [-0.25, -0.2) is 4.39 Å². The van der Waals surface area contributed by atoms with Crippen molar-refractivity contribution < 1.29 is 4.39 Å². The first-order valence-electron chi connectivity index (χ1n) is 6.11. The summed E-state index contributed by atoms with van der Waals surface area (Å²) in [7, 11) is 0. The number of hydrogen-bond donors (Lipinski definition) is 1. The molecule has 0 spiro atoms. The van der Waals surface area contributed by atoms with Crippen LogP contribution in [0, 0.1) is 28.5 Å². The smallest absolute Gasteiger partial charge is 0.123 e. The molecule has 0 saturated heterocycles. The maximum absolute atomic E-state index is 13.1. The van der Waals surface area contributed by atoms with E-state index in [1.54, 1.807) is 12.1 Å². The molecular formula is C16H12FN3. The monoisotopic (exact) mass is 265 g/mol. The average Bonchev–Trinajstić information content (AvgIpc) is 2.48. The maximum atomic E-state index is 13.1. The van der Waals surface area contributed by atoms with Crippen LogP contribution in [0.25, 0.3) is 0 Å². The minimum atomic E-state index is -0.348. The predicted molar refractivity (Wildman–Crippen MR) is 72.8 cm³/mol. The third-order valence-electron chi connectivity index (χ3n) is 2.92. The van der Waals surface area contributed by atoms with Crippen LogP contribution in [0.2, 0.25) is 0 Å². The molecule has 0 heterocycles. The first kappa shape index (κ1) is 13.7. The van der Waals surface area contributed by atoms with Gasteiger partial charge >= 0.3 is 0 Å². The number of benzene rings is 2. The highest BCUT2D eigenvalue weighted by Crippen LogP contribution is 2.10. The van der Waals surface area contributed by atoms with Crippen LogP contribution < -0.4 is 5.32 Å². The summed E-state index contributed by atoms with van der Waals surface area (Å²) >= 11 is 0. The lowest BCUT2D eigenvalue weighted by molar-refractivity contribution is 0.619. The molecule has 0 unspecified atom stereocenters. The second-order valence-corrected chi connectivity index (χ2v) is 4.33. The number of hydrogen-bond acceptors (Lipinski definition) is 3. The van der Waals surface area contributed by atoms with E-state index < -0.39 is 0 Å². The summed E-state index contributed by atoms with van der Waals surface area (Å²) in [5, 5.41) is 20.8. The Morgan fingerprint density at radius 3 is 2.35 bits per heavy atom. The quantitative estimate of drug-likeness (QED) is 0.924. The van der Waals surface area contributed by atoms with Gasteiger partial charge in [-0.2, -0.15) is 10.5 Å². The summed E-state index contributed by atoms with van der Waals surface area (Å²) in [6.45, 7) is 1.01. The lowest BCUT2D eigenvalue weighted by Crippen LogP contribution is -2.13. The second-order valence-electron chi connectivity index (χ2n) is 4.33. The molecule has 2 aromatic carbocycles. The van der Waals surface area contributed by atoms with Gasteiger partial charge in [0.2, 0.25) is 0 Å². The van der Waals surface area contributed by atoms with E-state index in [0.29, 0.717) is 29.8 Å². The SMILES string of the molecule is N#Cc1ccc(CNCc2cc(F)ccc2C#N)cc1. The van der Waals surface area contributed by atoms with Crippen molar-refractivity contribution in [2.24, 2.45) is 0 Å². The average molecular weight is 265 g/mol. The Morgan fingerprint density at radius 1 is 0.950 bits per heavy atom. The fourth-order valence-electron chi connectivity index (χ4n) is 1.86. The molecule has 0 amide bonds. The first-order chi connectivity index (χ1) is 9.72. The van der Waals surface area contributed by atoms with Gasteiger partial charge in [-0.05, 0) is 41.5 Å². The molecule has 0 radical (unpaired) electrons. The van der Waals surface area contributed by atoms with Crippen molar-refractivity contribution in [3.8, 4) is 12.1 Å². The van der Waals surface area contributed by atoms with Crippen molar-refractivity contribution >= 4 is 0 Å². The van der Waals surface area contributed by atoms with Gasteiger partial charge in [0, 0.05) is 13.1 Å². The molecule has 0 atom stereocenters. The van der Waals surface area contributed by atoms with Gasteiger partial charge < -0.3 is 5.32 Å². The van der Waals surface area contributed by atoms with Gasteiger partial charge in [-0.1, -0.05) is 12.1 Å². The van der Waals surface area contributed by atoms with Crippen LogP contribution in [0.15, 0.2) is 42.5 Å². The van der Waals surface area contributed by atoms with E-state index >= 15 is 0 Å². The van der Waals surface area contributed by atoms with Gasteiger partial charge in [0.15, 0.2) is 0 Å². The topological polar surface area (TPSA) is 59.6 Å². The number of halogens is 1. The standard InChI is InChI=1S/C16H12FN3/c17-16-6-5-14(9-19)15(7-16)11-20-10-13-3-1-12(8-18)2-4-13/h1-7,20H,10-11H2. The molecule has 0 bridgehead atoms. The van der Waals surface area contributed by atoms with E-state index in [2.05, 4.69) is 11.4 Å². The molecule has 20 heavy (non-hydrogen) atoms. The molecule has 2 aromatic rings. The zero-order valence-corrected chi connectivity index (χ0v) is 10.7. The van der Waals surface area contributed by atoms with Crippen molar-refractivity contribution in [2.75, 3.05) is 0 Å². The summed E-state index contributed by atoms with van der Waals surface area (Å²) in [5.74, 6) is -0.348. The van der Waals surface area contributed by atoms with Gasteiger partial charge in [-0.3, -0.25) is 0 Å². The Hall–Kier alpha value is -2.69. The lowest BCUT2D eigenvalue weighted by Gasteiger charge is -2.07. The number of nitriles is 2. The first-order valence-corrected chi connectivity index (χ1v) is 6.11. The number of nitrogens with zero attached hydrogens (tertiary/aromatic N) is 2. The second kappa shape index (κ2) is 6.47. The summed E-state index contributed by atoms with van der Waals surface area (Å²) in [5.41, 5.74) is 2.75. The van der Waals surface area contributed by atoms with E-state index in [9.17, 15) is 4.39 Å². The van der Waals surface area contributed by atoms with E-state index in [1.165, 1.54) is 18.2 Å². The lowest BCUT2D eigenvalue weighted by atomic mass is 10.1. The highest BCUT2D eigenvalue weighted by Gasteiger charge is 2.03. The molecule has 0 aliphatic heterocycles. The van der Waals surface area contributed by atoms with Crippen LogP contribution in [-0.2, 0) is 13.1 Å². The van der Waals surface area contributed by atoms with Gasteiger partial charge in [-0.15, -0.1) is 0 Å². The zero-order valence-electron chi connectivity index (χ0n) is 10.7. The Kier molecular flexibility index (Phi) is 4.44. The molecule has 0 fully saturated rings. The highest BCUT2D eigenvalue weighted by molar-refractivity contribution is 5.38. The maximum Gasteiger partial charge on any atom is 0.123 e. The van der Waals surface area contributed by atoms with Crippen molar-refractivity contribution in [2.45, 2.75) is 13.1 Å². The van der Waals surface area contributed by atoms with Crippen molar-refractivity contribution in [3.63, 3.8) is 0 Å². The highest BCUT2D eigenvalue weighted by atomic mass is 19.1. The van der Waals surface area contributed by atoms with Gasteiger partial charge in [0.05, 0.1) is 23.3 Å².